The molecule has 1 aromatic carbocycles. The number of methoxy groups -OCH3 is 1. The van der Waals surface area contributed by atoms with Gasteiger partial charge in [0, 0.05) is 25.2 Å². The van der Waals surface area contributed by atoms with Gasteiger partial charge in [-0.25, -0.2) is 0 Å². The van der Waals surface area contributed by atoms with Gasteiger partial charge in [0.25, 0.3) is 0 Å². The van der Waals surface area contributed by atoms with E-state index in [9.17, 15) is 10.1 Å². The van der Waals surface area contributed by atoms with Crippen LogP contribution >= 0.6 is 12.4 Å². The Morgan fingerprint density at radius 2 is 2.29 bits per heavy atom. The number of hydrogen-bond acceptors (Lipinski definition) is 5. The van der Waals surface area contributed by atoms with Gasteiger partial charge in [-0.15, -0.1) is 12.4 Å². The topological polar surface area (TPSA) is 81.6 Å². The number of nitro benzene ring substituents is 1. The Hall–Kier alpha value is -1.37. The van der Waals surface area contributed by atoms with Crippen LogP contribution in [0.3, 0.4) is 0 Å². The van der Waals surface area contributed by atoms with Crippen LogP contribution in [-0.4, -0.2) is 36.1 Å². The molecular weight excluding hydrogens is 294 g/mol. The van der Waals surface area contributed by atoms with Gasteiger partial charge in [-0.2, -0.15) is 0 Å². The molecule has 0 bridgehead atoms. The first-order valence-electron chi connectivity index (χ1n) is 6.80. The Balaban J connectivity index is 0.00000220. The zero-order chi connectivity index (χ0) is 14.7. The maximum atomic E-state index is 11.0. The van der Waals surface area contributed by atoms with E-state index in [1.165, 1.54) is 7.11 Å². The summed E-state index contributed by atoms with van der Waals surface area (Å²) in [5.41, 5.74) is 6.88. The lowest BCUT2D eigenvalue weighted by atomic mass is 10.0. The van der Waals surface area contributed by atoms with Crippen molar-refractivity contribution in [2.45, 2.75) is 25.9 Å². The van der Waals surface area contributed by atoms with Crippen LogP contribution in [0, 0.1) is 16.0 Å². The molecule has 6 nitrogen and oxygen atoms in total. The van der Waals surface area contributed by atoms with E-state index >= 15 is 0 Å². The lowest BCUT2D eigenvalue weighted by Gasteiger charge is -2.18. The van der Waals surface area contributed by atoms with Gasteiger partial charge in [-0.3, -0.25) is 15.0 Å². The monoisotopic (exact) mass is 315 g/mol. The maximum absolute atomic E-state index is 11.0. The molecule has 0 spiro atoms. The molecule has 21 heavy (non-hydrogen) atoms. The molecule has 1 aromatic rings. The molecule has 0 saturated carbocycles. The van der Waals surface area contributed by atoms with Crippen LogP contribution in [0.25, 0.3) is 0 Å². The predicted molar refractivity (Wildman–Crippen MR) is 83.9 cm³/mol. The van der Waals surface area contributed by atoms with Gasteiger partial charge in [0.1, 0.15) is 0 Å². The molecule has 0 aromatic heterocycles. The molecule has 2 unspecified atom stereocenters. The normalized spacial score (nSPS) is 19.9. The predicted octanol–water partition coefficient (Wildman–Crippen LogP) is 2.19. The number of likely N-dealkylation sites (tertiary alicyclic amines) is 1. The number of hydrogen-bond donors (Lipinski definition) is 1. The Morgan fingerprint density at radius 1 is 1.57 bits per heavy atom. The minimum Gasteiger partial charge on any atom is -0.490 e. The molecule has 2 atom stereocenters. The van der Waals surface area contributed by atoms with Gasteiger partial charge in [0.05, 0.1) is 12.0 Å². The van der Waals surface area contributed by atoms with Crippen molar-refractivity contribution in [1.29, 1.82) is 0 Å². The minimum atomic E-state index is -0.406. The van der Waals surface area contributed by atoms with Crippen LogP contribution < -0.4 is 10.5 Å². The zero-order valence-corrected chi connectivity index (χ0v) is 13.1. The Labute approximate surface area is 130 Å². The van der Waals surface area contributed by atoms with Gasteiger partial charge in [0.2, 0.25) is 0 Å². The van der Waals surface area contributed by atoms with Crippen LogP contribution in [0.5, 0.6) is 5.75 Å². The third kappa shape index (κ3) is 4.30. The van der Waals surface area contributed by atoms with E-state index in [0.29, 0.717) is 18.2 Å². The summed E-state index contributed by atoms with van der Waals surface area (Å²) in [6.07, 6.45) is 1.09. The average molecular weight is 316 g/mol. The smallest absolute Gasteiger partial charge is 0.311 e. The van der Waals surface area contributed by atoms with Crippen molar-refractivity contribution in [2.24, 2.45) is 11.7 Å². The average Bonchev–Trinajstić information content (AvgIpc) is 2.87. The van der Waals surface area contributed by atoms with Crippen LogP contribution in [0.15, 0.2) is 18.2 Å². The van der Waals surface area contributed by atoms with E-state index in [2.05, 4.69) is 4.90 Å². The van der Waals surface area contributed by atoms with E-state index in [1.807, 2.05) is 13.0 Å². The van der Waals surface area contributed by atoms with Crippen LogP contribution in [0.1, 0.15) is 18.9 Å². The van der Waals surface area contributed by atoms with Crippen molar-refractivity contribution in [2.75, 3.05) is 20.2 Å². The Kier molecular flexibility index (Phi) is 6.39. The molecule has 0 radical (unpaired) electrons. The largest absolute Gasteiger partial charge is 0.490 e. The van der Waals surface area contributed by atoms with E-state index in [4.69, 9.17) is 10.5 Å². The third-order valence-electron chi connectivity index (χ3n) is 3.90. The zero-order valence-electron chi connectivity index (χ0n) is 12.3. The lowest BCUT2D eigenvalue weighted by molar-refractivity contribution is -0.385. The van der Waals surface area contributed by atoms with Gasteiger partial charge in [-0.1, -0.05) is 6.07 Å². The number of rotatable bonds is 5. The summed E-state index contributed by atoms with van der Waals surface area (Å²) >= 11 is 0. The van der Waals surface area contributed by atoms with Gasteiger partial charge in [-0.05, 0) is 37.4 Å². The molecule has 0 aliphatic carbocycles. The number of nitro groups is 1. The quantitative estimate of drug-likeness (QED) is 0.665. The molecule has 7 heteroatoms. The van der Waals surface area contributed by atoms with Crippen LogP contribution in [0.2, 0.25) is 0 Å². The molecule has 1 aliphatic rings. The molecule has 2 rings (SSSR count). The summed E-state index contributed by atoms with van der Waals surface area (Å²) in [5.74, 6) is 0.817. The van der Waals surface area contributed by atoms with Crippen molar-refractivity contribution >= 4 is 18.1 Å². The maximum Gasteiger partial charge on any atom is 0.311 e. The molecule has 2 N–H and O–H groups in total. The Morgan fingerprint density at radius 3 is 2.81 bits per heavy atom. The molecule has 1 fully saturated rings. The molecule has 1 heterocycles. The summed E-state index contributed by atoms with van der Waals surface area (Å²) in [6.45, 7) is 4.70. The summed E-state index contributed by atoms with van der Waals surface area (Å²) in [4.78, 5) is 12.9. The summed E-state index contributed by atoms with van der Waals surface area (Å²) in [6, 6.07) is 5.33. The van der Waals surface area contributed by atoms with Gasteiger partial charge >= 0.3 is 5.69 Å². The molecule has 1 saturated heterocycles. The van der Waals surface area contributed by atoms with Gasteiger partial charge in [0.15, 0.2) is 5.75 Å². The second kappa shape index (κ2) is 7.59. The first-order chi connectivity index (χ1) is 9.51. The first-order valence-corrected chi connectivity index (χ1v) is 6.80. The highest BCUT2D eigenvalue weighted by atomic mass is 35.5. The first kappa shape index (κ1) is 17.7. The minimum absolute atomic E-state index is 0. The van der Waals surface area contributed by atoms with E-state index in [-0.39, 0.29) is 24.1 Å². The Bertz CT molecular complexity index is 496. The van der Waals surface area contributed by atoms with Gasteiger partial charge < -0.3 is 10.5 Å². The van der Waals surface area contributed by atoms with E-state index < -0.39 is 4.92 Å². The summed E-state index contributed by atoms with van der Waals surface area (Å²) in [7, 11) is 1.44. The van der Waals surface area contributed by atoms with Crippen LogP contribution in [-0.2, 0) is 6.54 Å². The van der Waals surface area contributed by atoms with Crippen LogP contribution in [0.4, 0.5) is 5.69 Å². The highest BCUT2D eigenvalue weighted by molar-refractivity contribution is 5.85. The molecule has 1 aliphatic heterocycles. The second-order valence-electron chi connectivity index (χ2n) is 5.41. The number of nitrogens with zero attached hydrogens (tertiary/aromatic N) is 2. The molecule has 0 amide bonds. The van der Waals surface area contributed by atoms with Crippen molar-refractivity contribution in [1.82, 2.24) is 4.90 Å². The highest BCUT2D eigenvalue weighted by Crippen LogP contribution is 2.29. The van der Waals surface area contributed by atoms with E-state index in [0.717, 1.165) is 25.1 Å². The van der Waals surface area contributed by atoms with Crippen molar-refractivity contribution in [3.63, 3.8) is 0 Å². The second-order valence-corrected chi connectivity index (χ2v) is 5.41. The fraction of sp³-hybridized carbons (Fsp3) is 0.571. The number of benzene rings is 1. The third-order valence-corrected chi connectivity index (χ3v) is 3.90. The lowest BCUT2D eigenvalue weighted by Crippen LogP contribution is -2.29. The van der Waals surface area contributed by atoms with Crippen molar-refractivity contribution in [3.05, 3.63) is 33.9 Å². The number of nitrogens with two attached hydrogens (primary N) is 1. The molecule has 118 valence electrons. The fourth-order valence-electron chi connectivity index (χ4n) is 2.67. The summed E-state index contributed by atoms with van der Waals surface area (Å²) in [5, 5.41) is 11.0. The van der Waals surface area contributed by atoms with Crippen molar-refractivity contribution in [3.8, 4) is 5.75 Å². The summed E-state index contributed by atoms with van der Waals surface area (Å²) < 4.78 is 5.01. The number of ether oxygens (including phenoxy) is 1. The van der Waals surface area contributed by atoms with Crippen molar-refractivity contribution < 1.29 is 9.66 Å². The fourth-order valence-corrected chi connectivity index (χ4v) is 2.67. The van der Waals surface area contributed by atoms with E-state index in [1.54, 1.807) is 12.1 Å². The SMILES string of the molecule is COc1ccc(CN2CCC(C(C)N)C2)cc1[N+](=O)[O-].Cl. The number of halogens is 1. The highest BCUT2D eigenvalue weighted by Gasteiger charge is 2.25. The standard InChI is InChI=1S/C14H21N3O3.ClH/c1-10(15)12-5-6-16(9-12)8-11-3-4-14(20-2)13(7-11)17(18)19;/h3-4,7,10,12H,5-6,8-9,15H2,1-2H3;1H. The molecular formula is C14H22ClN3O3.